The zero-order valence-corrected chi connectivity index (χ0v) is 10.5. The SMILES string of the molecule is CC(C)(C)OCC(C)(C)P(F)F.[Cu]. The van der Waals surface area contributed by atoms with E-state index in [9.17, 15) is 8.39 Å². The van der Waals surface area contributed by atoms with Crippen LogP contribution in [0, 0.1) is 0 Å². The van der Waals surface area contributed by atoms with Gasteiger partial charge in [-0.25, -0.2) is 0 Å². The van der Waals surface area contributed by atoms with Gasteiger partial charge in [0.15, 0.2) is 0 Å². The molecule has 0 saturated carbocycles. The first-order chi connectivity index (χ1) is 5.15. The summed E-state index contributed by atoms with van der Waals surface area (Å²) in [4.78, 5) is 0. The Balaban J connectivity index is 0. The molecular weight excluding hydrogens is 245 g/mol. The van der Waals surface area contributed by atoms with E-state index in [1.807, 2.05) is 20.8 Å². The fraction of sp³-hybridized carbons (Fsp3) is 1.00. The van der Waals surface area contributed by atoms with Crippen LogP contribution in [0.1, 0.15) is 34.6 Å². The Morgan fingerprint density at radius 2 is 1.46 bits per heavy atom. The molecular formula is C8H17CuF2OP. The standard InChI is InChI=1S/C8H17F2OP.Cu/c1-7(2,3)11-6-8(4,5)12(9)10;/h6H2,1-5H3;. The van der Waals surface area contributed by atoms with Crippen LogP contribution in [0.25, 0.3) is 0 Å². The second kappa shape index (κ2) is 5.60. The molecule has 0 amide bonds. The molecule has 0 bridgehead atoms. The molecule has 13 heavy (non-hydrogen) atoms. The smallest absolute Gasteiger partial charge is 0.274 e. The van der Waals surface area contributed by atoms with Crippen LogP contribution in [0.5, 0.6) is 0 Å². The van der Waals surface area contributed by atoms with Crippen LogP contribution in [0.3, 0.4) is 0 Å². The van der Waals surface area contributed by atoms with Crippen molar-refractivity contribution in [2.24, 2.45) is 0 Å². The second-order valence-corrected chi connectivity index (χ2v) is 6.12. The molecule has 0 aromatic rings. The third-order valence-corrected chi connectivity index (χ3v) is 2.36. The molecule has 0 saturated heterocycles. The molecule has 85 valence electrons. The van der Waals surface area contributed by atoms with E-state index in [0.29, 0.717) is 0 Å². The first kappa shape index (κ1) is 16.2. The topological polar surface area (TPSA) is 9.23 Å². The van der Waals surface area contributed by atoms with E-state index in [1.165, 1.54) is 13.8 Å². The minimum absolute atomic E-state index is 0. The molecule has 0 atom stereocenters. The maximum Gasteiger partial charge on any atom is 0.274 e. The van der Waals surface area contributed by atoms with E-state index in [-0.39, 0.29) is 29.3 Å². The number of rotatable bonds is 3. The largest absolute Gasteiger partial charge is 0.375 e. The fourth-order valence-corrected chi connectivity index (χ4v) is 0.604. The Hall–Kier alpha value is 0.769. The number of hydrogen-bond acceptors (Lipinski definition) is 1. The van der Waals surface area contributed by atoms with Crippen LogP contribution < -0.4 is 0 Å². The maximum absolute atomic E-state index is 12.4. The Labute approximate surface area is 91.1 Å². The Kier molecular flexibility index (Phi) is 6.98. The molecule has 1 radical (unpaired) electrons. The first-order valence-corrected chi connectivity index (χ1v) is 5.03. The molecule has 0 aliphatic rings. The maximum atomic E-state index is 12.4. The molecule has 0 rings (SSSR count). The molecule has 0 N–H and O–H groups in total. The number of ether oxygens (including phenoxy) is 1. The van der Waals surface area contributed by atoms with Crippen LogP contribution in [0.15, 0.2) is 0 Å². The van der Waals surface area contributed by atoms with E-state index < -0.39 is 13.7 Å². The number of halogens is 2. The molecule has 0 aliphatic heterocycles. The third kappa shape index (κ3) is 7.81. The van der Waals surface area contributed by atoms with E-state index in [1.54, 1.807) is 0 Å². The van der Waals surface area contributed by atoms with Gasteiger partial charge in [0.25, 0.3) is 8.54 Å². The summed E-state index contributed by atoms with van der Waals surface area (Å²) >= 11 is 0. The van der Waals surface area contributed by atoms with E-state index in [4.69, 9.17) is 4.74 Å². The Morgan fingerprint density at radius 3 is 1.69 bits per heavy atom. The van der Waals surface area contributed by atoms with Crippen LogP contribution in [0.2, 0.25) is 0 Å². The predicted octanol–water partition coefficient (Wildman–Crippen LogP) is 3.83. The van der Waals surface area contributed by atoms with E-state index in [2.05, 4.69) is 0 Å². The normalized spacial score (nSPS) is 12.9. The third-order valence-electron chi connectivity index (χ3n) is 1.32. The van der Waals surface area contributed by atoms with Crippen molar-refractivity contribution in [3.63, 3.8) is 0 Å². The molecule has 0 unspecified atom stereocenters. The van der Waals surface area contributed by atoms with Gasteiger partial charge in [-0.05, 0) is 34.6 Å². The van der Waals surface area contributed by atoms with Gasteiger partial charge in [-0.3, -0.25) is 0 Å². The van der Waals surface area contributed by atoms with Gasteiger partial charge in [0.05, 0.1) is 17.4 Å². The van der Waals surface area contributed by atoms with Crippen molar-refractivity contribution in [2.45, 2.75) is 45.4 Å². The van der Waals surface area contributed by atoms with Crippen molar-refractivity contribution in [3.8, 4) is 0 Å². The van der Waals surface area contributed by atoms with E-state index in [0.717, 1.165) is 0 Å². The first-order valence-electron chi connectivity index (χ1n) is 3.91. The minimum atomic E-state index is -2.92. The van der Waals surface area contributed by atoms with Gasteiger partial charge in [-0.15, -0.1) is 0 Å². The molecule has 0 spiro atoms. The minimum Gasteiger partial charge on any atom is -0.375 e. The average molecular weight is 262 g/mol. The average Bonchev–Trinajstić information content (AvgIpc) is 1.82. The van der Waals surface area contributed by atoms with Crippen molar-refractivity contribution >= 4 is 8.54 Å². The van der Waals surface area contributed by atoms with Crippen LogP contribution in [-0.4, -0.2) is 17.4 Å². The molecule has 0 aliphatic carbocycles. The zero-order chi connectivity index (χ0) is 9.99. The molecule has 1 nitrogen and oxygen atoms in total. The van der Waals surface area contributed by atoms with Crippen LogP contribution in [0.4, 0.5) is 8.39 Å². The van der Waals surface area contributed by atoms with Crippen LogP contribution >= 0.6 is 8.54 Å². The van der Waals surface area contributed by atoms with Gasteiger partial charge >= 0.3 is 0 Å². The quantitative estimate of drug-likeness (QED) is 0.554. The van der Waals surface area contributed by atoms with E-state index >= 15 is 0 Å². The van der Waals surface area contributed by atoms with Crippen LogP contribution in [-0.2, 0) is 21.8 Å². The van der Waals surface area contributed by atoms with Gasteiger partial charge in [0, 0.05) is 17.1 Å². The summed E-state index contributed by atoms with van der Waals surface area (Å²) in [5.41, 5.74) is -0.331. The fourth-order valence-electron chi connectivity index (χ4n) is 0.442. The van der Waals surface area contributed by atoms with Gasteiger partial charge in [-0.2, -0.15) is 8.39 Å². The van der Waals surface area contributed by atoms with Gasteiger partial charge in [-0.1, -0.05) is 0 Å². The summed E-state index contributed by atoms with van der Waals surface area (Å²) in [6, 6.07) is 0. The second-order valence-electron chi connectivity index (χ2n) is 4.45. The monoisotopic (exact) mass is 261 g/mol. The molecule has 0 aromatic carbocycles. The summed E-state index contributed by atoms with van der Waals surface area (Å²) in [5, 5.41) is -0.984. The van der Waals surface area contributed by atoms with Gasteiger partial charge in [0.1, 0.15) is 0 Å². The molecule has 0 fully saturated rings. The Bertz CT molecular complexity index is 146. The summed E-state index contributed by atoms with van der Waals surface area (Å²) < 4.78 is 30.0. The van der Waals surface area contributed by atoms with Crippen molar-refractivity contribution in [1.82, 2.24) is 0 Å². The molecule has 5 heteroatoms. The molecule has 0 heterocycles. The summed E-state index contributed by atoms with van der Waals surface area (Å²) in [6.07, 6.45) is 0. The Morgan fingerprint density at radius 1 is 1.08 bits per heavy atom. The zero-order valence-electron chi connectivity index (χ0n) is 8.62. The van der Waals surface area contributed by atoms with Gasteiger partial charge < -0.3 is 4.74 Å². The summed E-state index contributed by atoms with van der Waals surface area (Å²) in [6.45, 7) is 8.77. The summed E-state index contributed by atoms with van der Waals surface area (Å²) in [5.74, 6) is 0. The van der Waals surface area contributed by atoms with Crippen molar-refractivity contribution in [3.05, 3.63) is 0 Å². The molecule has 0 aromatic heterocycles. The van der Waals surface area contributed by atoms with Crippen molar-refractivity contribution in [1.29, 1.82) is 0 Å². The van der Waals surface area contributed by atoms with Crippen molar-refractivity contribution < 1.29 is 30.2 Å². The predicted molar refractivity (Wildman–Crippen MR) is 48.9 cm³/mol. The van der Waals surface area contributed by atoms with Gasteiger partial charge in [0.2, 0.25) is 0 Å². The van der Waals surface area contributed by atoms with Crippen molar-refractivity contribution in [2.75, 3.05) is 6.61 Å². The number of hydrogen-bond donors (Lipinski definition) is 0. The summed E-state index contributed by atoms with van der Waals surface area (Å²) in [7, 11) is -2.92.